The van der Waals surface area contributed by atoms with Crippen molar-refractivity contribution in [2.24, 2.45) is 0 Å². The van der Waals surface area contributed by atoms with Gasteiger partial charge in [-0.3, -0.25) is 9.36 Å². The van der Waals surface area contributed by atoms with Gasteiger partial charge in [-0.2, -0.15) is 0 Å². The number of carbonyl (C=O) groups is 1. The number of aromatic nitrogens is 3. The Labute approximate surface area is 163 Å². The van der Waals surface area contributed by atoms with Gasteiger partial charge in [0.15, 0.2) is 5.16 Å². The first-order chi connectivity index (χ1) is 13.2. The maximum atomic E-state index is 12.2. The average molecular weight is 382 g/mol. The molecule has 1 amide bonds. The molecule has 0 fully saturated rings. The van der Waals surface area contributed by atoms with E-state index in [1.54, 1.807) is 7.11 Å². The van der Waals surface area contributed by atoms with Gasteiger partial charge in [0.2, 0.25) is 5.91 Å². The summed E-state index contributed by atoms with van der Waals surface area (Å²) < 4.78 is 7.14. The minimum absolute atomic E-state index is 0.0449. The molecule has 0 aliphatic rings. The van der Waals surface area contributed by atoms with Crippen LogP contribution >= 0.6 is 11.8 Å². The Morgan fingerprint density at radius 3 is 2.52 bits per heavy atom. The zero-order chi connectivity index (χ0) is 19.1. The topological polar surface area (TPSA) is 69.0 Å². The molecule has 0 aliphatic carbocycles. The number of para-hydroxylation sites is 1. The molecule has 3 aromatic rings. The molecule has 0 bridgehead atoms. The van der Waals surface area contributed by atoms with Gasteiger partial charge in [-0.1, -0.05) is 49.0 Å². The van der Waals surface area contributed by atoms with Crippen LogP contribution in [0.1, 0.15) is 18.3 Å². The van der Waals surface area contributed by atoms with Crippen LogP contribution in [0.2, 0.25) is 0 Å². The fraction of sp³-hybridized carbons (Fsp3) is 0.250. The summed E-state index contributed by atoms with van der Waals surface area (Å²) in [7, 11) is 1.63. The minimum Gasteiger partial charge on any atom is -0.497 e. The second-order valence-electron chi connectivity index (χ2n) is 5.84. The summed E-state index contributed by atoms with van der Waals surface area (Å²) >= 11 is 1.38. The number of nitrogens with zero attached hydrogens (tertiary/aromatic N) is 3. The van der Waals surface area contributed by atoms with Crippen LogP contribution in [-0.4, -0.2) is 33.5 Å². The second kappa shape index (κ2) is 9.23. The molecule has 7 heteroatoms. The normalized spacial score (nSPS) is 10.6. The number of thioether (sulfide) groups is 1. The molecule has 27 heavy (non-hydrogen) atoms. The number of carbonyl (C=O) groups excluding carboxylic acids is 1. The third-order valence-corrected chi connectivity index (χ3v) is 4.94. The third kappa shape index (κ3) is 4.89. The van der Waals surface area contributed by atoms with Crippen molar-refractivity contribution < 1.29 is 9.53 Å². The van der Waals surface area contributed by atoms with Gasteiger partial charge in [-0.05, 0) is 29.8 Å². The highest BCUT2D eigenvalue weighted by molar-refractivity contribution is 7.99. The Kier molecular flexibility index (Phi) is 6.49. The molecule has 140 valence electrons. The van der Waals surface area contributed by atoms with E-state index in [2.05, 4.69) is 15.5 Å². The van der Waals surface area contributed by atoms with E-state index in [0.717, 1.165) is 34.4 Å². The summed E-state index contributed by atoms with van der Waals surface area (Å²) in [6, 6.07) is 17.6. The van der Waals surface area contributed by atoms with Crippen molar-refractivity contribution in [3.8, 4) is 11.4 Å². The van der Waals surface area contributed by atoms with Crippen molar-refractivity contribution in [1.29, 1.82) is 0 Å². The molecule has 1 heterocycles. The Morgan fingerprint density at radius 2 is 1.85 bits per heavy atom. The van der Waals surface area contributed by atoms with E-state index in [-0.39, 0.29) is 11.7 Å². The first-order valence-electron chi connectivity index (χ1n) is 8.73. The van der Waals surface area contributed by atoms with Gasteiger partial charge >= 0.3 is 0 Å². The fourth-order valence-electron chi connectivity index (χ4n) is 2.58. The van der Waals surface area contributed by atoms with Crippen molar-refractivity contribution in [3.05, 3.63) is 66.0 Å². The highest BCUT2D eigenvalue weighted by Gasteiger charge is 2.14. The standard InChI is InChI=1S/C20H22N4O2S/c1-3-18-22-23-20(24(18)16-7-5-4-6-8-16)27-14-19(25)21-13-15-9-11-17(26-2)12-10-15/h4-12H,3,13-14H2,1-2H3,(H,21,25). The lowest BCUT2D eigenvalue weighted by atomic mass is 10.2. The number of ether oxygens (including phenoxy) is 1. The summed E-state index contributed by atoms with van der Waals surface area (Å²) in [4.78, 5) is 12.2. The van der Waals surface area contributed by atoms with E-state index < -0.39 is 0 Å². The molecule has 0 unspecified atom stereocenters. The smallest absolute Gasteiger partial charge is 0.230 e. The van der Waals surface area contributed by atoms with Gasteiger partial charge in [-0.25, -0.2) is 0 Å². The highest BCUT2D eigenvalue weighted by Crippen LogP contribution is 2.22. The molecule has 6 nitrogen and oxygen atoms in total. The Bertz CT molecular complexity index is 879. The monoisotopic (exact) mass is 382 g/mol. The first kappa shape index (κ1) is 19.0. The number of methoxy groups -OCH3 is 1. The number of hydrogen-bond acceptors (Lipinski definition) is 5. The molecule has 3 rings (SSSR count). The van der Waals surface area contributed by atoms with E-state index in [1.165, 1.54) is 11.8 Å². The summed E-state index contributed by atoms with van der Waals surface area (Å²) in [6.45, 7) is 2.52. The van der Waals surface area contributed by atoms with E-state index >= 15 is 0 Å². The van der Waals surface area contributed by atoms with Crippen molar-refractivity contribution in [1.82, 2.24) is 20.1 Å². The predicted molar refractivity (Wildman–Crippen MR) is 106 cm³/mol. The summed E-state index contributed by atoms with van der Waals surface area (Å²) in [5, 5.41) is 12.2. The van der Waals surface area contributed by atoms with Gasteiger partial charge in [0.05, 0.1) is 12.9 Å². The van der Waals surface area contributed by atoms with E-state index in [0.29, 0.717) is 6.54 Å². The summed E-state index contributed by atoms with van der Waals surface area (Å²) in [5.74, 6) is 1.91. The number of hydrogen-bond donors (Lipinski definition) is 1. The van der Waals surface area contributed by atoms with Crippen molar-refractivity contribution in [2.45, 2.75) is 25.0 Å². The van der Waals surface area contributed by atoms with E-state index in [4.69, 9.17) is 4.74 Å². The SMILES string of the molecule is CCc1nnc(SCC(=O)NCc2ccc(OC)cc2)n1-c1ccccc1. The average Bonchev–Trinajstić information content (AvgIpc) is 3.14. The van der Waals surface area contributed by atoms with Crippen LogP contribution in [0.5, 0.6) is 5.75 Å². The fourth-order valence-corrected chi connectivity index (χ4v) is 3.38. The third-order valence-electron chi connectivity index (χ3n) is 4.01. The summed E-state index contributed by atoms with van der Waals surface area (Å²) in [6.07, 6.45) is 0.770. The van der Waals surface area contributed by atoms with Gasteiger partial charge in [-0.15, -0.1) is 10.2 Å². The predicted octanol–water partition coefficient (Wildman–Crippen LogP) is 3.25. The van der Waals surface area contributed by atoms with E-state index in [1.807, 2.05) is 66.1 Å². The minimum atomic E-state index is -0.0449. The van der Waals surface area contributed by atoms with Crippen LogP contribution in [-0.2, 0) is 17.8 Å². The number of nitrogens with one attached hydrogen (secondary N) is 1. The molecule has 0 spiro atoms. The molecule has 0 aliphatic heterocycles. The largest absolute Gasteiger partial charge is 0.497 e. The molecule has 2 aromatic carbocycles. The summed E-state index contributed by atoms with van der Waals surface area (Å²) in [5.41, 5.74) is 2.02. The zero-order valence-corrected chi connectivity index (χ0v) is 16.2. The maximum Gasteiger partial charge on any atom is 0.230 e. The van der Waals surface area contributed by atoms with Gasteiger partial charge in [0.1, 0.15) is 11.6 Å². The zero-order valence-electron chi connectivity index (χ0n) is 15.4. The van der Waals surface area contributed by atoms with Crippen LogP contribution in [0.25, 0.3) is 5.69 Å². The van der Waals surface area contributed by atoms with Crippen molar-refractivity contribution in [2.75, 3.05) is 12.9 Å². The Hall–Kier alpha value is -2.80. The molecule has 0 saturated heterocycles. The maximum absolute atomic E-state index is 12.2. The molecule has 1 N–H and O–H groups in total. The van der Waals surface area contributed by atoms with Crippen LogP contribution in [0.3, 0.4) is 0 Å². The van der Waals surface area contributed by atoms with E-state index in [9.17, 15) is 4.79 Å². The molecular formula is C20H22N4O2S. The van der Waals surface area contributed by atoms with Gasteiger partial charge < -0.3 is 10.1 Å². The molecule has 0 saturated carbocycles. The lowest BCUT2D eigenvalue weighted by Crippen LogP contribution is -2.24. The second-order valence-corrected chi connectivity index (χ2v) is 6.78. The Balaban J connectivity index is 1.59. The number of amides is 1. The van der Waals surface area contributed by atoms with Gasteiger partial charge in [0.25, 0.3) is 0 Å². The van der Waals surface area contributed by atoms with Crippen molar-refractivity contribution >= 4 is 17.7 Å². The van der Waals surface area contributed by atoms with Crippen LogP contribution in [0.4, 0.5) is 0 Å². The lowest BCUT2D eigenvalue weighted by Gasteiger charge is -2.09. The first-order valence-corrected chi connectivity index (χ1v) is 9.72. The lowest BCUT2D eigenvalue weighted by molar-refractivity contribution is -0.118. The molecule has 1 aromatic heterocycles. The number of rotatable bonds is 8. The Morgan fingerprint density at radius 1 is 1.11 bits per heavy atom. The quantitative estimate of drug-likeness (QED) is 0.606. The van der Waals surface area contributed by atoms with Gasteiger partial charge in [0, 0.05) is 18.7 Å². The van der Waals surface area contributed by atoms with Crippen LogP contribution in [0, 0.1) is 0 Å². The molecule has 0 atom stereocenters. The molecular weight excluding hydrogens is 360 g/mol. The highest BCUT2D eigenvalue weighted by atomic mass is 32.2. The number of benzene rings is 2. The van der Waals surface area contributed by atoms with Crippen LogP contribution in [0.15, 0.2) is 59.8 Å². The molecule has 0 radical (unpaired) electrons. The number of aryl methyl sites for hydroxylation is 1. The van der Waals surface area contributed by atoms with Crippen molar-refractivity contribution in [3.63, 3.8) is 0 Å². The van der Waals surface area contributed by atoms with Crippen LogP contribution < -0.4 is 10.1 Å².